The zero-order valence-electron chi connectivity index (χ0n) is 15.2. The van der Waals surface area contributed by atoms with Gasteiger partial charge in [-0.2, -0.15) is 0 Å². The van der Waals surface area contributed by atoms with Crippen molar-refractivity contribution in [3.05, 3.63) is 35.4 Å². The highest BCUT2D eigenvalue weighted by molar-refractivity contribution is 5.93. The van der Waals surface area contributed by atoms with Crippen LogP contribution in [-0.2, 0) is 11.3 Å². The third-order valence-electron chi connectivity index (χ3n) is 6.60. The summed E-state index contributed by atoms with van der Waals surface area (Å²) < 4.78 is 0. The molecular weight excluding hydrogens is 312 g/mol. The standard InChI is InChI=1S/C21H28N2O2/c1-23(2)21(25)16-5-3-13(4-6-16)12-22-20(24)19-17-8-14-7-15(10-17)11-18(19)9-14/h3-6,14-15,17-19H,7-12H2,1-2H3,(H,22,24). The van der Waals surface area contributed by atoms with Crippen molar-refractivity contribution < 1.29 is 9.59 Å². The Morgan fingerprint density at radius 2 is 1.52 bits per heavy atom. The highest BCUT2D eigenvalue weighted by Crippen LogP contribution is 2.56. The largest absolute Gasteiger partial charge is 0.352 e. The summed E-state index contributed by atoms with van der Waals surface area (Å²) in [6.45, 7) is 0.554. The SMILES string of the molecule is CN(C)C(=O)c1ccc(CNC(=O)C2C3CC4CC(C3)CC2C4)cc1. The van der Waals surface area contributed by atoms with Crippen LogP contribution in [0.3, 0.4) is 0 Å². The zero-order chi connectivity index (χ0) is 17.6. The van der Waals surface area contributed by atoms with Gasteiger partial charge in [0.25, 0.3) is 5.91 Å². The summed E-state index contributed by atoms with van der Waals surface area (Å²) in [6, 6.07) is 7.56. The maximum absolute atomic E-state index is 12.8. The fourth-order valence-corrected chi connectivity index (χ4v) is 5.68. The lowest BCUT2D eigenvalue weighted by atomic mass is 9.51. The van der Waals surface area contributed by atoms with E-state index in [2.05, 4.69) is 5.32 Å². The minimum atomic E-state index is 0.00387. The van der Waals surface area contributed by atoms with E-state index in [1.807, 2.05) is 24.3 Å². The van der Waals surface area contributed by atoms with Crippen molar-refractivity contribution in [2.45, 2.75) is 38.6 Å². The molecule has 0 heterocycles. The first-order valence-corrected chi connectivity index (χ1v) is 9.59. The Morgan fingerprint density at radius 1 is 0.960 bits per heavy atom. The summed E-state index contributed by atoms with van der Waals surface area (Å²) in [5.74, 6) is 3.53. The van der Waals surface area contributed by atoms with E-state index < -0.39 is 0 Å². The van der Waals surface area contributed by atoms with Crippen LogP contribution in [0, 0.1) is 29.6 Å². The Bertz CT molecular complexity index is 637. The lowest BCUT2D eigenvalue weighted by Crippen LogP contribution is -2.50. The normalized spacial score (nSPS) is 32.5. The van der Waals surface area contributed by atoms with Crippen LogP contribution in [0.4, 0.5) is 0 Å². The van der Waals surface area contributed by atoms with Gasteiger partial charge in [0.2, 0.25) is 5.91 Å². The third kappa shape index (κ3) is 3.19. The summed E-state index contributed by atoms with van der Waals surface area (Å²) in [4.78, 5) is 26.3. The molecule has 0 aliphatic heterocycles. The van der Waals surface area contributed by atoms with Gasteiger partial charge < -0.3 is 10.2 Å². The van der Waals surface area contributed by atoms with Gasteiger partial charge in [0.05, 0.1) is 0 Å². The summed E-state index contributed by atoms with van der Waals surface area (Å²) in [5, 5.41) is 3.16. The van der Waals surface area contributed by atoms with Crippen molar-refractivity contribution in [2.24, 2.45) is 29.6 Å². The van der Waals surface area contributed by atoms with E-state index in [0.717, 1.165) is 17.4 Å². The van der Waals surface area contributed by atoms with E-state index in [1.54, 1.807) is 19.0 Å². The maximum atomic E-state index is 12.8. The van der Waals surface area contributed by atoms with Crippen molar-refractivity contribution in [3.8, 4) is 0 Å². The fourth-order valence-electron chi connectivity index (χ4n) is 5.68. The van der Waals surface area contributed by atoms with E-state index in [1.165, 1.54) is 32.1 Å². The third-order valence-corrected chi connectivity index (χ3v) is 6.60. The van der Waals surface area contributed by atoms with Crippen molar-refractivity contribution in [1.29, 1.82) is 0 Å². The van der Waals surface area contributed by atoms with Gasteiger partial charge >= 0.3 is 0 Å². The fraction of sp³-hybridized carbons (Fsp3) is 0.619. The van der Waals surface area contributed by atoms with Crippen LogP contribution in [-0.4, -0.2) is 30.8 Å². The van der Waals surface area contributed by atoms with Crippen LogP contribution in [0.25, 0.3) is 0 Å². The Hall–Kier alpha value is -1.84. The molecule has 0 spiro atoms. The molecule has 0 radical (unpaired) electrons. The number of amides is 2. The number of nitrogens with zero attached hydrogens (tertiary/aromatic N) is 1. The average molecular weight is 340 g/mol. The molecule has 134 valence electrons. The van der Waals surface area contributed by atoms with Crippen LogP contribution in [0.5, 0.6) is 0 Å². The van der Waals surface area contributed by atoms with Crippen LogP contribution < -0.4 is 5.32 Å². The molecule has 4 saturated carbocycles. The minimum Gasteiger partial charge on any atom is -0.352 e. The molecule has 4 aliphatic carbocycles. The summed E-state index contributed by atoms with van der Waals surface area (Å²) in [6.07, 6.45) is 6.50. The van der Waals surface area contributed by atoms with Crippen LogP contribution in [0.15, 0.2) is 24.3 Å². The predicted octanol–water partition coefficient (Wildman–Crippen LogP) is 3.08. The van der Waals surface area contributed by atoms with E-state index in [-0.39, 0.29) is 17.7 Å². The summed E-state index contributed by atoms with van der Waals surface area (Å²) in [7, 11) is 3.50. The first-order chi connectivity index (χ1) is 12.0. The second-order valence-electron chi connectivity index (χ2n) is 8.57. The molecule has 4 aliphatic rings. The van der Waals surface area contributed by atoms with Crippen molar-refractivity contribution in [3.63, 3.8) is 0 Å². The number of carbonyl (C=O) groups excluding carboxylic acids is 2. The smallest absolute Gasteiger partial charge is 0.253 e. The Morgan fingerprint density at radius 3 is 2.04 bits per heavy atom. The molecule has 0 unspecified atom stereocenters. The van der Waals surface area contributed by atoms with Crippen LogP contribution in [0.1, 0.15) is 48.0 Å². The number of nitrogens with one attached hydrogen (secondary N) is 1. The Labute approximate surface area is 150 Å². The lowest BCUT2D eigenvalue weighted by Gasteiger charge is -2.53. The second-order valence-corrected chi connectivity index (χ2v) is 8.57. The van der Waals surface area contributed by atoms with Gasteiger partial charge in [-0.25, -0.2) is 0 Å². The number of rotatable bonds is 4. The van der Waals surface area contributed by atoms with Gasteiger partial charge in [0.15, 0.2) is 0 Å². The first kappa shape index (κ1) is 16.6. The number of hydrogen-bond donors (Lipinski definition) is 1. The van der Waals surface area contributed by atoms with E-state index in [4.69, 9.17) is 0 Å². The van der Waals surface area contributed by atoms with Gasteiger partial charge in [0, 0.05) is 32.1 Å². The number of hydrogen-bond acceptors (Lipinski definition) is 2. The molecule has 0 aromatic heterocycles. The molecule has 5 rings (SSSR count). The molecule has 1 N–H and O–H groups in total. The monoisotopic (exact) mass is 340 g/mol. The highest BCUT2D eigenvalue weighted by Gasteiger charge is 2.50. The summed E-state index contributed by atoms with van der Waals surface area (Å²) in [5.41, 5.74) is 1.73. The average Bonchev–Trinajstić information content (AvgIpc) is 2.58. The van der Waals surface area contributed by atoms with E-state index in [9.17, 15) is 9.59 Å². The summed E-state index contributed by atoms with van der Waals surface area (Å²) >= 11 is 0. The second kappa shape index (κ2) is 6.47. The van der Waals surface area contributed by atoms with Gasteiger partial charge in [-0.05, 0) is 73.5 Å². The van der Waals surface area contributed by atoms with Crippen molar-refractivity contribution in [1.82, 2.24) is 10.2 Å². The van der Waals surface area contributed by atoms with Crippen LogP contribution >= 0.6 is 0 Å². The molecule has 4 nitrogen and oxygen atoms in total. The van der Waals surface area contributed by atoms with Gasteiger partial charge in [-0.3, -0.25) is 9.59 Å². The molecule has 2 amide bonds. The zero-order valence-corrected chi connectivity index (χ0v) is 15.2. The first-order valence-electron chi connectivity index (χ1n) is 9.59. The molecule has 25 heavy (non-hydrogen) atoms. The molecular formula is C21H28N2O2. The Balaban J connectivity index is 1.35. The van der Waals surface area contributed by atoms with Crippen molar-refractivity contribution in [2.75, 3.05) is 14.1 Å². The molecule has 4 fully saturated rings. The molecule has 4 heteroatoms. The molecule has 0 saturated heterocycles. The maximum Gasteiger partial charge on any atom is 0.253 e. The lowest BCUT2D eigenvalue weighted by molar-refractivity contribution is -0.138. The van der Waals surface area contributed by atoms with Gasteiger partial charge in [-0.1, -0.05) is 12.1 Å². The van der Waals surface area contributed by atoms with E-state index in [0.29, 0.717) is 23.9 Å². The van der Waals surface area contributed by atoms with E-state index >= 15 is 0 Å². The highest BCUT2D eigenvalue weighted by atomic mass is 16.2. The van der Waals surface area contributed by atoms with Crippen molar-refractivity contribution >= 4 is 11.8 Å². The molecule has 4 bridgehead atoms. The molecule has 0 atom stereocenters. The predicted molar refractivity (Wildman–Crippen MR) is 96.8 cm³/mol. The van der Waals surface area contributed by atoms with Crippen LogP contribution in [0.2, 0.25) is 0 Å². The molecule has 1 aromatic carbocycles. The number of benzene rings is 1. The van der Waals surface area contributed by atoms with Gasteiger partial charge in [0.1, 0.15) is 0 Å². The van der Waals surface area contributed by atoms with Gasteiger partial charge in [-0.15, -0.1) is 0 Å². The quantitative estimate of drug-likeness (QED) is 0.916. The number of carbonyl (C=O) groups is 2. The molecule has 1 aromatic rings. The Kier molecular flexibility index (Phi) is 4.30. The topological polar surface area (TPSA) is 49.4 Å². The minimum absolute atomic E-state index is 0.00387.